The predicted molar refractivity (Wildman–Crippen MR) is 181 cm³/mol. The Morgan fingerprint density at radius 1 is 0.750 bits per heavy atom. The molecule has 0 nitrogen and oxygen atoms in total. The lowest BCUT2D eigenvalue weighted by molar-refractivity contribution is 0.238. The van der Waals surface area contributed by atoms with Crippen molar-refractivity contribution in [1.29, 1.82) is 0 Å². The van der Waals surface area contributed by atoms with Gasteiger partial charge in [-0.2, -0.15) is 0 Å². The van der Waals surface area contributed by atoms with Gasteiger partial charge in [-0.05, 0) is 88.5 Å². The van der Waals surface area contributed by atoms with Crippen molar-refractivity contribution >= 4 is 0 Å². The van der Waals surface area contributed by atoms with Crippen molar-refractivity contribution in [2.24, 2.45) is 22.7 Å². The summed E-state index contributed by atoms with van der Waals surface area (Å²) in [5, 5.41) is 0. The zero-order valence-electron chi connectivity index (χ0n) is 27.2. The van der Waals surface area contributed by atoms with Crippen molar-refractivity contribution in [2.75, 3.05) is 0 Å². The standard InChI is InChI=1S/C40H56/c1-31(19-13-21-33(3)25-27-37-35(5)23-15-29-39(37,7)8)17-11-12-18-32(2)20-14-22-34(4)26-28-38-36(6)24-16-30-40(38,9)10/h11-15,17-22,25-29,35,37H,16,23-24,30H2,1-10H3. The van der Waals surface area contributed by atoms with Gasteiger partial charge in [-0.1, -0.05) is 160 Å². The minimum absolute atomic E-state index is 0.231. The summed E-state index contributed by atoms with van der Waals surface area (Å²) in [7, 11) is 0. The first kappa shape index (κ1) is 33.3. The molecule has 0 N–H and O–H groups in total. The van der Waals surface area contributed by atoms with Crippen LogP contribution in [0.5, 0.6) is 0 Å². The third-order valence-electron chi connectivity index (χ3n) is 8.42. The van der Waals surface area contributed by atoms with E-state index < -0.39 is 0 Å². The predicted octanol–water partition coefficient (Wildman–Crippen LogP) is 12.3. The van der Waals surface area contributed by atoms with Gasteiger partial charge in [-0.15, -0.1) is 0 Å². The van der Waals surface area contributed by atoms with Gasteiger partial charge in [0.15, 0.2) is 0 Å². The lowest BCUT2D eigenvalue weighted by Crippen LogP contribution is -2.28. The zero-order chi connectivity index (χ0) is 29.8. The van der Waals surface area contributed by atoms with Gasteiger partial charge in [-0.25, -0.2) is 0 Å². The summed E-state index contributed by atoms with van der Waals surface area (Å²) in [5.74, 6) is 1.27. The molecular weight excluding hydrogens is 480 g/mol. The first-order valence-electron chi connectivity index (χ1n) is 15.3. The van der Waals surface area contributed by atoms with E-state index in [0.29, 0.717) is 17.3 Å². The lowest BCUT2D eigenvalue weighted by atomic mass is 9.68. The second-order valence-corrected chi connectivity index (χ2v) is 13.3. The molecule has 0 heteroatoms. The maximum atomic E-state index is 2.41. The number of hydrogen-bond donors (Lipinski definition) is 0. The van der Waals surface area contributed by atoms with Gasteiger partial charge >= 0.3 is 0 Å². The zero-order valence-corrected chi connectivity index (χ0v) is 27.2. The average Bonchev–Trinajstić information content (AvgIpc) is 2.85. The van der Waals surface area contributed by atoms with Gasteiger partial charge in [0.05, 0.1) is 0 Å². The van der Waals surface area contributed by atoms with Crippen LogP contribution in [0.15, 0.2) is 131 Å². The van der Waals surface area contributed by atoms with Gasteiger partial charge in [-0.3, -0.25) is 0 Å². The Morgan fingerprint density at radius 3 is 1.82 bits per heavy atom. The largest absolute Gasteiger partial charge is 0.0877 e. The molecule has 40 heavy (non-hydrogen) atoms. The third kappa shape index (κ3) is 11.3. The van der Waals surface area contributed by atoms with E-state index in [0.717, 1.165) is 0 Å². The first-order valence-corrected chi connectivity index (χ1v) is 15.3. The molecule has 2 unspecified atom stereocenters. The van der Waals surface area contributed by atoms with Gasteiger partial charge < -0.3 is 0 Å². The molecule has 0 aromatic heterocycles. The molecule has 0 fully saturated rings. The van der Waals surface area contributed by atoms with Gasteiger partial charge in [0.1, 0.15) is 0 Å². The molecule has 0 aromatic rings. The fraction of sp³-hybridized carbons (Fsp3) is 0.450. The summed E-state index contributed by atoms with van der Waals surface area (Å²) in [5.41, 5.74) is 8.61. The van der Waals surface area contributed by atoms with Crippen molar-refractivity contribution in [2.45, 2.75) is 94.9 Å². The summed E-state index contributed by atoms with van der Waals surface area (Å²) in [6, 6.07) is 0. The van der Waals surface area contributed by atoms with Crippen molar-refractivity contribution < 1.29 is 0 Å². The summed E-state index contributed by atoms with van der Waals surface area (Å²) < 4.78 is 0. The van der Waals surface area contributed by atoms with Crippen LogP contribution in [0.1, 0.15) is 94.9 Å². The van der Waals surface area contributed by atoms with E-state index in [1.807, 2.05) is 0 Å². The van der Waals surface area contributed by atoms with E-state index in [1.54, 1.807) is 5.57 Å². The van der Waals surface area contributed by atoms with Crippen molar-refractivity contribution in [3.05, 3.63) is 131 Å². The smallest absolute Gasteiger partial charge is 0.0104 e. The van der Waals surface area contributed by atoms with Crippen LogP contribution in [0.2, 0.25) is 0 Å². The maximum absolute atomic E-state index is 2.41. The molecule has 0 spiro atoms. The molecule has 216 valence electrons. The van der Waals surface area contributed by atoms with Gasteiger partial charge in [0.25, 0.3) is 0 Å². The molecule has 2 aliphatic rings. The summed E-state index contributed by atoms with van der Waals surface area (Å²) in [6.07, 6.45) is 40.6. The molecule has 0 aromatic carbocycles. The first-order chi connectivity index (χ1) is 18.8. The molecule has 0 saturated carbocycles. The Morgan fingerprint density at radius 2 is 1.27 bits per heavy atom. The molecule has 2 aliphatic carbocycles. The molecule has 0 saturated heterocycles. The van der Waals surface area contributed by atoms with Crippen molar-refractivity contribution in [3.8, 4) is 0 Å². The molecule has 0 radical (unpaired) electrons. The Kier molecular flexibility index (Phi) is 13.2. The highest BCUT2D eigenvalue weighted by Crippen LogP contribution is 2.41. The summed E-state index contributed by atoms with van der Waals surface area (Å²) >= 11 is 0. The van der Waals surface area contributed by atoms with Gasteiger partial charge in [0.2, 0.25) is 0 Å². The molecule has 0 aliphatic heterocycles. The topological polar surface area (TPSA) is 0 Å². The average molecular weight is 537 g/mol. The van der Waals surface area contributed by atoms with Crippen LogP contribution in [0, 0.1) is 22.7 Å². The van der Waals surface area contributed by atoms with E-state index in [4.69, 9.17) is 0 Å². The SMILES string of the molecule is CC(C=CC=C(C)C=CC1=C(C)CCCC1(C)C)=CC=CC=C(C)C=CC=C(C)C=CC1C(C)CC=CC1(C)C. The maximum Gasteiger partial charge on any atom is -0.0104 e. The van der Waals surface area contributed by atoms with Crippen LogP contribution < -0.4 is 0 Å². The van der Waals surface area contributed by atoms with Crippen LogP contribution in [-0.2, 0) is 0 Å². The van der Waals surface area contributed by atoms with Crippen LogP contribution in [0.4, 0.5) is 0 Å². The summed E-state index contributed by atoms with van der Waals surface area (Å²) in [6.45, 7) is 22.7. The highest BCUT2D eigenvalue weighted by molar-refractivity contribution is 5.37. The normalized spacial score (nSPS) is 25.1. The van der Waals surface area contributed by atoms with E-state index in [2.05, 4.69) is 166 Å². The Hall–Kier alpha value is -2.86. The second kappa shape index (κ2) is 15.8. The minimum atomic E-state index is 0.231. The van der Waals surface area contributed by atoms with Crippen LogP contribution in [-0.4, -0.2) is 0 Å². The monoisotopic (exact) mass is 536 g/mol. The van der Waals surface area contributed by atoms with Gasteiger partial charge in [0, 0.05) is 0 Å². The molecule has 0 bridgehead atoms. The third-order valence-corrected chi connectivity index (χ3v) is 8.42. The lowest BCUT2D eigenvalue weighted by Gasteiger charge is -2.37. The molecular formula is C40H56. The van der Waals surface area contributed by atoms with E-state index in [9.17, 15) is 0 Å². The summed E-state index contributed by atoms with van der Waals surface area (Å²) in [4.78, 5) is 0. The molecule has 2 rings (SSSR count). The van der Waals surface area contributed by atoms with Crippen molar-refractivity contribution in [3.63, 3.8) is 0 Å². The van der Waals surface area contributed by atoms with E-state index >= 15 is 0 Å². The van der Waals surface area contributed by atoms with E-state index in [1.165, 1.54) is 53.5 Å². The number of allylic oxidation sites excluding steroid dienone is 22. The van der Waals surface area contributed by atoms with Crippen LogP contribution in [0.3, 0.4) is 0 Å². The number of hydrogen-bond acceptors (Lipinski definition) is 0. The molecule has 2 atom stereocenters. The second-order valence-electron chi connectivity index (χ2n) is 13.3. The Balaban J connectivity index is 1.87. The van der Waals surface area contributed by atoms with E-state index in [-0.39, 0.29) is 5.41 Å². The quantitative estimate of drug-likeness (QED) is 0.192. The molecule has 0 heterocycles. The fourth-order valence-electron chi connectivity index (χ4n) is 5.84. The fourth-order valence-corrected chi connectivity index (χ4v) is 5.84. The minimum Gasteiger partial charge on any atom is -0.0877 e. The number of rotatable bonds is 10. The highest BCUT2D eigenvalue weighted by atomic mass is 14.4. The highest BCUT2D eigenvalue weighted by Gasteiger charge is 2.31. The Bertz CT molecular complexity index is 1180. The molecule has 0 amide bonds. The Labute approximate surface area is 247 Å². The van der Waals surface area contributed by atoms with Crippen LogP contribution >= 0.6 is 0 Å². The van der Waals surface area contributed by atoms with Crippen LogP contribution in [0.25, 0.3) is 0 Å². The van der Waals surface area contributed by atoms with Crippen molar-refractivity contribution in [1.82, 2.24) is 0 Å².